The van der Waals surface area contributed by atoms with E-state index in [1.807, 2.05) is 0 Å². The third-order valence-electron chi connectivity index (χ3n) is 3.80. The molecule has 0 unspecified atom stereocenters. The summed E-state index contributed by atoms with van der Waals surface area (Å²) in [4.78, 5) is 12.0. The van der Waals surface area contributed by atoms with Crippen LogP contribution in [0, 0.1) is 5.82 Å². The number of rotatable bonds is 4. The first-order chi connectivity index (χ1) is 8.98. The second-order valence-corrected chi connectivity index (χ2v) is 5.99. The highest BCUT2D eigenvalue weighted by Gasteiger charge is 2.29. The fourth-order valence-electron chi connectivity index (χ4n) is 2.77. The average molecular weight is 284 g/mol. The Kier molecular flexibility index (Phi) is 4.58. The van der Waals surface area contributed by atoms with E-state index in [-0.39, 0.29) is 17.7 Å². The monoisotopic (exact) mass is 283 g/mol. The Morgan fingerprint density at radius 2 is 2.00 bits per heavy atom. The summed E-state index contributed by atoms with van der Waals surface area (Å²) in [5.41, 5.74) is 6.26. The SMILES string of the molecule is NC1(CC(=O)Cc2ccc(Cl)cc2F)CCCCC1. The molecule has 0 saturated heterocycles. The standard InChI is InChI=1S/C15H19ClFNO/c16-12-5-4-11(14(17)9-12)8-13(19)10-15(18)6-2-1-3-7-15/h4-5,9H,1-3,6-8,10,18H2. The maximum atomic E-state index is 13.6. The molecule has 2 nitrogen and oxygen atoms in total. The maximum Gasteiger partial charge on any atom is 0.139 e. The second kappa shape index (κ2) is 6.02. The van der Waals surface area contributed by atoms with E-state index in [0.717, 1.165) is 25.7 Å². The predicted molar refractivity (Wildman–Crippen MR) is 74.7 cm³/mol. The van der Waals surface area contributed by atoms with Crippen molar-refractivity contribution in [2.75, 3.05) is 0 Å². The van der Waals surface area contributed by atoms with Crippen LogP contribution in [0.4, 0.5) is 4.39 Å². The van der Waals surface area contributed by atoms with Gasteiger partial charge in [-0.1, -0.05) is 36.9 Å². The summed E-state index contributed by atoms with van der Waals surface area (Å²) < 4.78 is 13.6. The Morgan fingerprint density at radius 1 is 1.32 bits per heavy atom. The van der Waals surface area contributed by atoms with E-state index in [2.05, 4.69) is 0 Å². The van der Waals surface area contributed by atoms with Gasteiger partial charge in [0.25, 0.3) is 0 Å². The fourth-order valence-corrected chi connectivity index (χ4v) is 2.92. The van der Waals surface area contributed by atoms with Crippen molar-refractivity contribution in [2.45, 2.75) is 50.5 Å². The van der Waals surface area contributed by atoms with E-state index in [0.29, 0.717) is 17.0 Å². The van der Waals surface area contributed by atoms with Crippen LogP contribution >= 0.6 is 11.6 Å². The minimum absolute atomic E-state index is 0.00521. The molecule has 2 rings (SSSR count). The summed E-state index contributed by atoms with van der Waals surface area (Å²) in [5.74, 6) is -0.416. The van der Waals surface area contributed by atoms with E-state index in [1.54, 1.807) is 12.1 Å². The van der Waals surface area contributed by atoms with Crippen LogP contribution in [0.25, 0.3) is 0 Å². The molecule has 0 radical (unpaired) electrons. The molecule has 19 heavy (non-hydrogen) atoms. The molecule has 1 aromatic carbocycles. The number of carbonyl (C=O) groups excluding carboxylic acids is 1. The summed E-state index contributed by atoms with van der Waals surface area (Å²) in [5, 5.41) is 0.344. The van der Waals surface area contributed by atoms with Gasteiger partial charge >= 0.3 is 0 Å². The van der Waals surface area contributed by atoms with Gasteiger partial charge in [0.2, 0.25) is 0 Å². The minimum Gasteiger partial charge on any atom is -0.325 e. The lowest BCUT2D eigenvalue weighted by Gasteiger charge is -2.32. The van der Waals surface area contributed by atoms with Gasteiger partial charge in [0.1, 0.15) is 11.6 Å². The molecule has 0 heterocycles. The third-order valence-corrected chi connectivity index (χ3v) is 4.04. The normalized spacial score (nSPS) is 18.3. The van der Waals surface area contributed by atoms with Gasteiger partial charge in [0.05, 0.1) is 0 Å². The van der Waals surface area contributed by atoms with Crippen LogP contribution in [0.5, 0.6) is 0 Å². The molecule has 0 atom stereocenters. The van der Waals surface area contributed by atoms with Gasteiger partial charge in [-0.2, -0.15) is 0 Å². The Hall–Kier alpha value is -0.930. The van der Waals surface area contributed by atoms with E-state index in [1.165, 1.54) is 12.5 Å². The lowest BCUT2D eigenvalue weighted by molar-refractivity contribution is -0.119. The molecule has 0 bridgehead atoms. The summed E-state index contributed by atoms with van der Waals surface area (Å²) >= 11 is 5.69. The van der Waals surface area contributed by atoms with Crippen molar-refractivity contribution in [3.8, 4) is 0 Å². The van der Waals surface area contributed by atoms with Crippen LogP contribution in [0.15, 0.2) is 18.2 Å². The molecule has 0 aromatic heterocycles. The van der Waals surface area contributed by atoms with E-state index in [4.69, 9.17) is 17.3 Å². The van der Waals surface area contributed by atoms with Crippen LogP contribution in [-0.2, 0) is 11.2 Å². The van der Waals surface area contributed by atoms with Crippen molar-refractivity contribution < 1.29 is 9.18 Å². The van der Waals surface area contributed by atoms with Gasteiger partial charge in [-0.25, -0.2) is 4.39 Å². The number of carbonyl (C=O) groups is 1. The Morgan fingerprint density at radius 3 is 2.63 bits per heavy atom. The molecule has 0 amide bonds. The molecule has 0 aliphatic heterocycles. The Bertz CT molecular complexity index is 469. The second-order valence-electron chi connectivity index (χ2n) is 5.55. The van der Waals surface area contributed by atoms with Crippen molar-refractivity contribution in [1.82, 2.24) is 0 Å². The first-order valence-corrected chi connectivity index (χ1v) is 7.11. The molecule has 2 N–H and O–H groups in total. The molecule has 1 saturated carbocycles. The first kappa shape index (κ1) is 14.5. The first-order valence-electron chi connectivity index (χ1n) is 6.73. The van der Waals surface area contributed by atoms with Gasteiger partial charge in [0, 0.05) is 23.4 Å². The van der Waals surface area contributed by atoms with E-state index < -0.39 is 5.82 Å². The van der Waals surface area contributed by atoms with E-state index >= 15 is 0 Å². The van der Waals surface area contributed by atoms with Crippen LogP contribution in [0.1, 0.15) is 44.1 Å². The number of hydrogen-bond acceptors (Lipinski definition) is 2. The van der Waals surface area contributed by atoms with Gasteiger partial charge in [-0.15, -0.1) is 0 Å². The topological polar surface area (TPSA) is 43.1 Å². The zero-order chi connectivity index (χ0) is 13.9. The number of ketones is 1. The Balaban J connectivity index is 1.97. The highest BCUT2D eigenvalue weighted by Crippen LogP contribution is 2.29. The number of benzene rings is 1. The fraction of sp³-hybridized carbons (Fsp3) is 0.533. The third kappa shape index (κ3) is 4.02. The van der Waals surface area contributed by atoms with Crippen molar-refractivity contribution in [3.05, 3.63) is 34.6 Å². The molecule has 1 aliphatic carbocycles. The number of Topliss-reactive ketones (excluding diaryl/α,β-unsaturated/α-hetero) is 1. The summed E-state index contributed by atoms with van der Waals surface area (Å²) in [7, 11) is 0. The van der Waals surface area contributed by atoms with Crippen molar-refractivity contribution in [1.29, 1.82) is 0 Å². The van der Waals surface area contributed by atoms with Crippen molar-refractivity contribution >= 4 is 17.4 Å². The molecule has 104 valence electrons. The van der Waals surface area contributed by atoms with Gasteiger partial charge in [-0.05, 0) is 30.5 Å². The molecule has 4 heteroatoms. The summed E-state index contributed by atoms with van der Waals surface area (Å²) in [6.45, 7) is 0. The minimum atomic E-state index is -0.421. The van der Waals surface area contributed by atoms with Crippen LogP contribution < -0.4 is 5.73 Å². The van der Waals surface area contributed by atoms with Crippen molar-refractivity contribution in [2.24, 2.45) is 5.73 Å². The molecular weight excluding hydrogens is 265 g/mol. The van der Waals surface area contributed by atoms with E-state index in [9.17, 15) is 9.18 Å². The highest BCUT2D eigenvalue weighted by molar-refractivity contribution is 6.30. The smallest absolute Gasteiger partial charge is 0.139 e. The van der Waals surface area contributed by atoms with Crippen LogP contribution in [0.3, 0.4) is 0 Å². The quantitative estimate of drug-likeness (QED) is 0.917. The van der Waals surface area contributed by atoms with Gasteiger partial charge in [0.15, 0.2) is 0 Å². The van der Waals surface area contributed by atoms with Crippen LogP contribution in [0.2, 0.25) is 5.02 Å². The molecule has 1 aromatic rings. The largest absolute Gasteiger partial charge is 0.325 e. The van der Waals surface area contributed by atoms with Gasteiger partial charge < -0.3 is 5.73 Å². The molecule has 1 fully saturated rings. The summed E-state index contributed by atoms with van der Waals surface area (Å²) in [6, 6.07) is 4.41. The highest BCUT2D eigenvalue weighted by atomic mass is 35.5. The number of nitrogens with two attached hydrogens (primary N) is 1. The van der Waals surface area contributed by atoms with Crippen LogP contribution in [-0.4, -0.2) is 11.3 Å². The number of hydrogen-bond donors (Lipinski definition) is 1. The lowest BCUT2D eigenvalue weighted by atomic mass is 9.78. The molecule has 1 aliphatic rings. The zero-order valence-corrected chi connectivity index (χ0v) is 11.7. The Labute approximate surface area is 118 Å². The molecular formula is C15H19ClFNO. The predicted octanol–water partition coefficient (Wildman–Crippen LogP) is 3.64. The average Bonchev–Trinajstić information content (AvgIpc) is 2.33. The van der Waals surface area contributed by atoms with Gasteiger partial charge in [-0.3, -0.25) is 4.79 Å². The van der Waals surface area contributed by atoms with Crippen molar-refractivity contribution in [3.63, 3.8) is 0 Å². The zero-order valence-electron chi connectivity index (χ0n) is 10.9. The molecule has 0 spiro atoms. The lowest BCUT2D eigenvalue weighted by Crippen LogP contribution is -2.43. The summed E-state index contributed by atoms with van der Waals surface area (Å²) in [6.07, 6.45) is 5.58. The number of halogens is 2. The maximum absolute atomic E-state index is 13.6.